The zero-order chi connectivity index (χ0) is 10.7. The van der Waals surface area contributed by atoms with Gasteiger partial charge in [0.15, 0.2) is 0 Å². The summed E-state index contributed by atoms with van der Waals surface area (Å²) in [4.78, 5) is 3.55. The SMILES string of the molecule is COc1ncc(N)c(C#N)c1C(F)F. The van der Waals surface area contributed by atoms with Gasteiger partial charge in [0.05, 0.1) is 30.1 Å². The number of alkyl halides is 2. The molecular weight excluding hydrogens is 192 g/mol. The highest BCUT2D eigenvalue weighted by atomic mass is 19.3. The number of ether oxygens (including phenoxy) is 1. The fraction of sp³-hybridized carbons (Fsp3) is 0.250. The third kappa shape index (κ3) is 1.57. The standard InChI is InChI=1S/C8H7F2N3O/c1-14-8-6(7(9)10)4(2-11)5(12)3-13-8/h3,7H,12H2,1H3. The van der Waals surface area contributed by atoms with Gasteiger partial charge in [-0.05, 0) is 0 Å². The maximum Gasteiger partial charge on any atom is 0.270 e. The van der Waals surface area contributed by atoms with Crippen molar-refractivity contribution in [2.24, 2.45) is 0 Å². The Bertz CT molecular complexity index is 387. The molecule has 1 aromatic rings. The molecule has 0 aliphatic carbocycles. The second-order valence-corrected chi connectivity index (χ2v) is 2.42. The van der Waals surface area contributed by atoms with Crippen LogP contribution in [0.3, 0.4) is 0 Å². The summed E-state index contributed by atoms with van der Waals surface area (Å²) in [5.74, 6) is -0.272. The average Bonchev–Trinajstić information content (AvgIpc) is 2.17. The Morgan fingerprint density at radius 2 is 2.29 bits per heavy atom. The first-order valence-electron chi connectivity index (χ1n) is 3.62. The average molecular weight is 199 g/mol. The summed E-state index contributed by atoms with van der Waals surface area (Å²) in [5.41, 5.74) is 4.39. The van der Waals surface area contributed by atoms with Crippen molar-refractivity contribution in [1.29, 1.82) is 5.26 Å². The molecule has 0 radical (unpaired) electrons. The molecule has 0 aliphatic heterocycles. The van der Waals surface area contributed by atoms with Crippen molar-refractivity contribution in [1.82, 2.24) is 4.98 Å². The third-order valence-electron chi connectivity index (χ3n) is 1.63. The number of rotatable bonds is 2. The maximum absolute atomic E-state index is 12.5. The number of hydrogen-bond donors (Lipinski definition) is 1. The van der Waals surface area contributed by atoms with Gasteiger partial charge in [-0.25, -0.2) is 13.8 Å². The van der Waals surface area contributed by atoms with Crippen LogP contribution in [0.1, 0.15) is 17.6 Å². The van der Waals surface area contributed by atoms with Gasteiger partial charge in [0.2, 0.25) is 5.88 Å². The van der Waals surface area contributed by atoms with Gasteiger partial charge in [0, 0.05) is 0 Å². The molecule has 0 saturated heterocycles. The van der Waals surface area contributed by atoms with Gasteiger partial charge in [-0.2, -0.15) is 5.26 Å². The minimum absolute atomic E-state index is 0.0800. The zero-order valence-electron chi connectivity index (χ0n) is 7.29. The monoisotopic (exact) mass is 199 g/mol. The van der Waals surface area contributed by atoms with Gasteiger partial charge in [-0.15, -0.1) is 0 Å². The molecule has 0 spiro atoms. The van der Waals surface area contributed by atoms with E-state index in [4.69, 9.17) is 11.0 Å². The Morgan fingerprint density at radius 3 is 2.71 bits per heavy atom. The van der Waals surface area contributed by atoms with Crippen LogP contribution in [0.4, 0.5) is 14.5 Å². The van der Waals surface area contributed by atoms with Crippen molar-refractivity contribution >= 4 is 5.69 Å². The van der Waals surface area contributed by atoms with Crippen LogP contribution in [-0.2, 0) is 0 Å². The molecule has 0 aromatic carbocycles. The van der Waals surface area contributed by atoms with E-state index >= 15 is 0 Å². The summed E-state index contributed by atoms with van der Waals surface area (Å²) < 4.78 is 29.6. The van der Waals surface area contributed by atoms with Crippen molar-refractivity contribution in [3.63, 3.8) is 0 Å². The van der Waals surface area contributed by atoms with Gasteiger partial charge < -0.3 is 10.5 Å². The lowest BCUT2D eigenvalue weighted by atomic mass is 10.1. The van der Waals surface area contributed by atoms with Crippen molar-refractivity contribution < 1.29 is 13.5 Å². The number of halogens is 2. The number of nitrogens with two attached hydrogens (primary N) is 1. The van der Waals surface area contributed by atoms with Crippen molar-refractivity contribution in [2.75, 3.05) is 12.8 Å². The second kappa shape index (κ2) is 3.87. The number of anilines is 1. The number of methoxy groups -OCH3 is 1. The maximum atomic E-state index is 12.5. The summed E-state index contributed by atoms with van der Waals surface area (Å²) >= 11 is 0. The van der Waals surface area contributed by atoms with E-state index in [2.05, 4.69) is 9.72 Å². The van der Waals surface area contributed by atoms with Crippen molar-refractivity contribution in [3.8, 4) is 11.9 Å². The number of aromatic nitrogens is 1. The molecule has 14 heavy (non-hydrogen) atoms. The lowest BCUT2D eigenvalue weighted by Gasteiger charge is -2.09. The van der Waals surface area contributed by atoms with Gasteiger partial charge in [0.1, 0.15) is 6.07 Å². The topological polar surface area (TPSA) is 71.9 Å². The van der Waals surface area contributed by atoms with Crippen LogP contribution in [-0.4, -0.2) is 12.1 Å². The predicted molar refractivity (Wildman–Crippen MR) is 44.9 cm³/mol. The summed E-state index contributed by atoms with van der Waals surface area (Å²) in [7, 11) is 1.20. The van der Waals surface area contributed by atoms with Crippen LogP contribution in [0.25, 0.3) is 0 Å². The van der Waals surface area contributed by atoms with E-state index in [1.54, 1.807) is 6.07 Å². The Kier molecular flexibility index (Phi) is 2.82. The molecule has 74 valence electrons. The molecule has 0 bridgehead atoms. The van der Waals surface area contributed by atoms with E-state index < -0.39 is 12.0 Å². The lowest BCUT2D eigenvalue weighted by molar-refractivity contribution is 0.145. The summed E-state index contributed by atoms with van der Waals surface area (Å²) in [6, 6.07) is 1.59. The van der Waals surface area contributed by atoms with Gasteiger partial charge in [0.25, 0.3) is 6.43 Å². The van der Waals surface area contributed by atoms with Crippen LogP contribution in [0, 0.1) is 11.3 Å². The molecule has 4 nitrogen and oxygen atoms in total. The van der Waals surface area contributed by atoms with E-state index in [9.17, 15) is 8.78 Å². The molecule has 1 heterocycles. The Morgan fingerprint density at radius 1 is 1.64 bits per heavy atom. The van der Waals surface area contributed by atoms with Gasteiger partial charge in [-0.3, -0.25) is 0 Å². The fourth-order valence-electron chi connectivity index (χ4n) is 1.01. The first-order valence-corrected chi connectivity index (χ1v) is 3.62. The number of nitriles is 1. The number of pyridine rings is 1. The lowest BCUT2D eigenvalue weighted by Crippen LogP contribution is -2.03. The Hall–Kier alpha value is -1.90. The minimum Gasteiger partial charge on any atom is -0.481 e. The molecule has 2 N–H and O–H groups in total. The molecular formula is C8H7F2N3O. The van der Waals surface area contributed by atoms with Crippen LogP contribution in [0.2, 0.25) is 0 Å². The van der Waals surface area contributed by atoms with Crippen molar-refractivity contribution in [2.45, 2.75) is 6.43 Å². The van der Waals surface area contributed by atoms with Crippen LogP contribution < -0.4 is 10.5 Å². The largest absolute Gasteiger partial charge is 0.481 e. The highest BCUT2D eigenvalue weighted by Gasteiger charge is 2.22. The molecule has 6 heteroatoms. The molecule has 1 aromatic heterocycles. The minimum atomic E-state index is -2.84. The summed E-state index contributed by atoms with van der Waals surface area (Å²) in [6.07, 6.45) is -1.72. The van der Waals surface area contributed by atoms with E-state index in [0.29, 0.717) is 0 Å². The molecule has 1 rings (SSSR count). The summed E-state index contributed by atoms with van der Waals surface area (Å²) in [6.45, 7) is 0. The highest BCUT2D eigenvalue weighted by molar-refractivity contribution is 5.59. The number of nitrogen functional groups attached to an aromatic ring is 1. The van der Waals surface area contributed by atoms with Crippen LogP contribution in [0.5, 0.6) is 5.88 Å². The molecule has 0 unspecified atom stereocenters. The zero-order valence-corrected chi connectivity index (χ0v) is 7.29. The van der Waals surface area contributed by atoms with Crippen LogP contribution in [0.15, 0.2) is 6.20 Å². The smallest absolute Gasteiger partial charge is 0.270 e. The van der Waals surface area contributed by atoms with Gasteiger partial charge >= 0.3 is 0 Å². The summed E-state index contributed by atoms with van der Waals surface area (Å²) in [5, 5.41) is 8.62. The van der Waals surface area contributed by atoms with Crippen LogP contribution >= 0.6 is 0 Å². The third-order valence-corrected chi connectivity index (χ3v) is 1.63. The van der Waals surface area contributed by atoms with E-state index in [-0.39, 0.29) is 17.1 Å². The first-order chi connectivity index (χ1) is 6.61. The molecule has 0 atom stereocenters. The normalized spacial score (nSPS) is 9.93. The predicted octanol–water partition coefficient (Wildman–Crippen LogP) is 1.48. The van der Waals surface area contributed by atoms with Crippen molar-refractivity contribution in [3.05, 3.63) is 17.3 Å². The highest BCUT2D eigenvalue weighted by Crippen LogP contribution is 2.32. The molecule has 0 saturated carbocycles. The van der Waals surface area contributed by atoms with E-state index in [1.807, 2.05) is 0 Å². The fourth-order valence-corrected chi connectivity index (χ4v) is 1.01. The molecule has 0 fully saturated rings. The Balaban J connectivity index is 3.46. The van der Waals surface area contributed by atoms with Gasteiger partial charge in [-0.1, -0.05) is 0 Å². The molecule has 0 aliphatic rings. The Labute approximate surface area is 78.9 Å². The quantitative estimate of drug-likeness (QED) is 0.782. The number of hydrogen-bond acceptors (Lipinski definition) is 4. The first kappa shape index (κ1) is 10.2. The van der Waals surface area contributed by atoms with E-state index in [0.717, 1.165) is 6.20 Å². The van der Waals surface area contributed by atoms with E-state index in [1.165, 1.54) is 7.11 Å². The number of nitrogens with zero attached hydrogens (tertiary/aromatic N) is 2. The molecule has 0 amide bonds. The second-order valence-electron chi connectivity index (χ2n) is 2.42.